The number of nitrogens with one attached hydrogen (secondary N) is 1. The molecule has 0 spiro atoms. The summed E-state index contributed by atoms with van der Waals surface area (Å²) < 4.78 is 49.3. The number of likely N-dealkylation sites (N-methyl/N-ethyl adjacent to an activating group) is 1. The number of amides is 1. The molecule has 1 aliphatic rings. The van der Waals surface area contributed by atoms with E-state index in [4.69, 9.17) is 0 Å². The normalized spacial score (nSPS) is 20.3. The molecule has 22 heavy (non-hydrogen) atoms. The quantitative estimate of drug-likeness (QED) is 0.885. The minimum atomic E-state index is -3.03. The van der Waals surface area contributed by atoms with Gasteiger partial charge in [-0.15, -0.1) is 0 Å². The Morgan fingerprint density at radius 1 is 1.41 bits per heavy atom. The number of halogens is 2. The fourth-order valence-electron chi connectivity index (χ4n) is 2.53. The fraction of sp³-hybridized carbons (Fsp3) is 0.500. The van der Waals surface area contributed by atoms with E-state index in [-0.39, 0.29) is 29.8 Å². The lowest BCUT2D eigenvalue weighted by Gasteiger charge is -2.25. The molecule has 5 nitrogen and oxygen atoms in total. The topological polar surface area (TPSA) is 66.5 Å². The number of carbonyl (C=O) groups excluding carboxylic acids is 1. The summed E-state index contributed by atoms with van der Waals surface area (Å²) in [6.07, 6.45) is 0.494. The van der Waals surface area contributed by atoms with Gasteiger partial charge in [-0.1, -0.05) is 6.92 Å². The van der Waals surface area contributed by atoms with E-state index in [2.05, 4.69) is 5.32 Å². The van der Waals surface area contributed by atoms with Gasteiger partial charge in [-0.3, -0.25) is 9.69 Å². The number of nitrogens with zero attached hydrogens (tertiary/aromatic N) is 1. The van der Waals surface area contributed by atoms with Gasteiger partial charge in [0, 0.05) is 12.1 Å². The minimum absolute atomic E-state index is 0.0342. The molecular formula is C14H18F2N2O3S. The van der Waals surface area contributed by atoms with Crippen LogP contribution in [0.15, 0.2) is 18.2 Å². The van der Waals surface area contributed by atoms with Crippen molar-refractivity contribution in [2.45, 2.75) is 19.4 Å². The Labute approximate surface area is 128 Å². The van der Waals surface area contributed by atoms with Gasteiger partial charge in [-0.05, 0) is 25.1 Å². The molecule has 0 radical (unpaired) electrons. The Balaban J connectivity index is 1.98. The molecule has 1 aromatic carbocycles. The van der Waals surface area contributed by atoms with Crippen LogP contribution in [0.25, 0.3) is 0 Å². The van der Waals surface area contributed by atoms with Crippen LogP contribution in [-0.2, 0) is 14.6 Å². The first-order valence-electron chi connectivity index (χ1n) is 7.00. The van der Waals surface area contributed by atoms with Crippen LogP contribution < -0.4 is 5.32 Å². The van der Waals surface area contributed by atoms with Gasteiger partial charge in [0.1, 0.15) is 11.6 Å². The third-order valence-corrected chi connectivity index (χ3v) is 5.43. The number of rotatable bonds is 5. The van der Waals surface area contributed by atoms with E-state index in [1.54, 1.807) is 4.90 Å². The summed E-state index contributed by atoms with van der Waals surface area (Å²) in [5.74, 6) is -1.86. The molecule has 1 aliphatic heterocycles. The van der Waals surface area contributed by atoms with Crippen molar-refractivity contribution in [3.63, 3.8) is 0 Å². The molecule has 1 aromatic rings. The first-order valence-corrected chi connectivity index (χ1v) is 8.82. The maximum absolute atomic E-state index is 13.5. The lowest BCUT2D eigenvalue weighted by atomic mass is 10.2. The molecule has 1 amide bonds. The Hall–Kier alpha value is -1.54. The van der Waals surface area contributed by atoms with Gasteiger partial charge in [-0.25, -0.2) is 17.2 Å². The summed E-state index contributed by atoms with van der Waals surface area (Å²) in [5, 5.41) is 2.37. The zero-order valence-electron chi connectivity index (χ0n) is 12.2. The number of hydrogen-bond acceptors (Lipinski definition) is 4. The number of carbonyl (C=O) groups is 1. The summed E-state index contributed by atoms with van der Waals surface area (Å²) >= 11 is 0. The van der Waals surface area contributed by atoms with Gasteiger partial charge in [-0.2, -0.15) is 0 Å². The molecule has 0 aliphatic carbocycles. The molecule has 1 fully saturated rings. The lowest BCUT2D eigenvalue weighted by Crippen LogP contribution is -2.41. The fourth-order valence-corrected chi connectivity index (χ4v) is 4.29. The van der Waals surface area contributed by atoms with E-state index >= 15 is 0 Å². The largest absolute Gasteiger partial charge is 0.322 e. The summed E-state index contributed by atoms with van der Waals surface area (Å²) in [6.45, 7) is 2.31. The molecule has 122 valence electrons. The monoisotopic (exact) mass is 332 g/mol. The van der Waals surface area contributed by atoms with Crippen molar-refractivity contribution in [3.05, 3.63) is 29.8 Å². The van der Waals surface area contributed by atoms with Crippen LogP contribution in [0.5, 0.6) is 0 Å². The smallest absolute Gasteiger partial charge is 0.238 e. The van der Waals surface area contributed by atoms with Crippen LogP contribution in [0.1, 0.15) is 13.3 Å². The molecule has 1 heterocycles. The van der Waals surface area contributed by atoms with Gasteiger partial charge in [0.25, 0.3) is 0 Å². The lowest BCUT2D eigenvalue weighted by molar-refractivity contribution is -0.117. The molecule has 1 atom stereocenters. The maximum atomic E-state index is 13.5. The molecule has 1 saturated heterocycles. The van der Waals surface area contributed by atoms with Crippen molar-refractivity contribution in [1.29, 1.82) is 0 Å². The van der Waals surface area contributed by atoms with E-state index < -0.39 is 27.4 Å². The molecule has 1 unspecified atom stereocenters. The summed E-state index contributed by atoms with van der Waals surface area (Å²) in [5.41, 5.74) is -0.0958. The molecule has 2 rings (SSSR count). The van der Waals surface area contributed by atoms with Crippen molar-refractivity contribution in [1.82, 2.24) is 4.90 Å². The maximum Gasteiger partial charge on any atom is 0.238 e. The highest BCUT2D eigenvalue weighted by molar-refractivity contribution is 7.91. The van der Waals surface area contributed by atoms with Gasteiger partial charge >= 0.3 is 0 Å². The van der Waals surface area contributed by atoms with E-state index in [0.717, 1.165) is 12.1 Å². The third kappa shape index (κ3) is 4.23. The van der Waals surface area contributed by atoms with Crippen molar-refractivity contribution in [2.24, 2.45) is 0 Å². The van der Waals surface area contributed by atoms with Crippen molar-refractivity contribution < 1.29 is 22.0 Å². The number of benzene rings is 1. The van der Waals surface area contributed by atoms with Crippen molar-refractivity contribution in [3.8, 4) is 0 Å². The summed E-state index contributed by atoms with van der Waals surface area (Å²) in [7, 11) is -3.03. The van der Waals surface area contributed by atoms with Crippen molar-refractivity contribution in [2.75, 3.05) is 29.9 Å². The second-order valence-corrected chi connectivity index (χ2v) is 7.52. The molecule has 1 N–H and O–H groups in total. The van der Waals surface area contributed by atoms with Crippen LogP contribution >= 0.6 is 0 Å². The SMILES string of the molecule is CCN(CC(=O)Nc1ccc(F)cc1F)C1CCS(=O)(=O)C1. The molecule has 8 heteroatoms. The second kappa shape index (κ2) is 6.70. The average molecular weight is 332 g/mol. The molecule has 0 bridgehead atoms. The number of hydrogen-bond donors (Lipinski definition) is 1. The Morgan fingerprint density at radius 2 is 2.14 bits per heavy atom. The van der Waals surface area contributed by atoms with Crippen LogP contribution in [0.3, 0.4) is 0 Å². The van der Waals surface area contributed by atoms with Crippen molar-refractivity contribution >= 4 is 21.4 Å². The van der Waals surface area contributed by atoms with Crippen LogP contribution in [0, 0.1) is 11.6 Å². The first-order chi connectivity index (χ1) is 10.3. The Morgan fingerprint density at radius 3 is 2.68 bits per heavy atom. The van der Waals surface area contributed by atoms with Crippen LogP contribution in [0.2, 0.25) is 0 Å². The highest BCUT2D eigenvalue weighted by atomic mass is 32.2. The average Bonchev–Trinajstić information content (AvgIpc) is 2.79. The standard InChI is InChI=1S/C14H18F2N2O3S/c1-2-18(11-5-6-22(20,21)9-11)8-14(19)17-13-4-3-10(15)7-12(13)16/h3-4,7,11H,2,5-6,8-9H2,1H3,(H,17,19). The zero-order valence-corrected chi connectivity index (χ0v) is 13.0. The van der Waals surface area contributed by atoms with Crippen LogP contribution in [0.4, 0.5) is 14.5 Å². The summed E-state index contributed by atoms with van der Waals surface area (Å²) in [4.78, 5) is 13.7. The summed E-state index contributed by atoms with van der Waals surface area (Å²) in [6, 6.07) is 2.70. The predicted octanol–water partition coefficient (Wildman–Crippen LogP) is 1.41. The highest BCUT2D eigenvalue weighted by Crippen LogP contribution is 2.18. The van der Waals surface area contributed by atoms with Gasteiger partial charge in [0.2, 0.25) is 5.91 Å². The number of sulfone groups is 1. The van der Waals surface area contributed by atoms with E-state index in [9.17, 15) is 22.0 Å². The van der Waals surface area contributed by atoms with E-state index in [0.29, 0.717) is 19.0 Å². The third-order valence-electron chi connectivity index (χ3n) is 3.68. The second-order valence-electron chi connectivity index (χ2n) is 5.29. The molecule has 0 saturated carbocycles. The highest BCUT2D eigenvalue weighted by Gasteiger charge is 2.32. The Kier molecular flexibility index (Phi) is 5.12. The molecular weight excluding hydrogens is 314 g/mol. The molecule has 0 aromatic heterocycles. The van der Waals surface area contributed by atoms with Gasteiger partial charge < -0.3 is 5.32 Å². The van der Waals surface area contributed by atoms with E-state index in [1.807, 2.05) is 6.92 Å². The van der Waals surface area contributed by atoms with E-state index in [1.165, 1.54) is 0 Å². The van der Waals surface area contributed by atoms with Gasteiger partial charge in [0.05, 0.1) is 23.7 Å². The van der Waals surface area contributed by atoms with Gasteiger partial charge in [0.15, 0.2) is 9.84 Å². The van der Waals surface area contributed by atoms with Crippen LogP contribution in [-0.4, -0.2) is 49.9 Å². The minimum Gasteiger partial charge on any atom is -0.322 e. The zero-order chi connectivity index (χ0) is 16.3. The Bertz CT molecular complexity index is 664. The number of anilines is 1. The first kappa shape index (κ1) is 16.8. The predicted molar refractivity (Wildman–Crippen MR) is 79.3 cm³/mol.